The molecule has 1 N–H and O–H groups in total. The number of hydrogen-bond acceptors (Lipinski definition) is 4. The third kappa shape index (κ3) is 3.33. The molecule has 130 valence electrons. The Balaban J connectivity index is 1.89. The minimum atomic E-state index is -3.71. The zero-order chi connectivity index (χ0) is 17.5. The molecule has 0 atom stereocenters. The van der Waals surface area contributed by atoms with Crippen LogP contribution in [0.3, 0.4) is 0 Å². The number of hydrogen-bond donors (Lipinski definition) is 1. The first-order valence-corrected chi connectivity index (χ1v) is 9.87. The number of rotatable bonds is 5. The van der Waals surface area contributed by atoms with Gasteiger partial charge >= 0.3 is 0 Å². The van der Waals surface area contributed by atoms with Crippen LogP contribution >= 0.6 is 23.2 Å². The van der Waals surface area contributed by atoms with Gasteiger partial charge in [0.05, 0.1) is 0 Å². The Bertz CT molecular complexity index is 854. The minimum Gasteiger partial charge on any atom is -0.360 e. The Hall–Kier alpha value is -1.08. The van der Waals surface area contributed by atoms with Gasteiger partial charge in [0.15, 0.2) is 5.76 Å². The van der Waals surface area contributed by atoms with E-state index in [0.717, 1.165) is 24.8 Å². The van der Waals surface area contributed by atoms with E-state index in [0.29, 0.717) is 27.9 Å². The molecule has 1 aliphatic carbocycles. The van der Waals surface area contributed by atoms with Crippen LogP contribution in [0.15, 0.2) is 27.6 Å². The van der Waals surface area contributed by atoms with Crippen molar-refractivity contribution in [2.45, 2.75) is 50.0 Å². The normalized spacial score (nSPS) is 16.8. The fraction of sp³-hybridized carbons (Fsp3) is 0.438. The third-order valence-corrected chi connectivity index (χ3v) is 6.85. The molecule has 1 fully saturated rings. The maximum Gasteiger partial charge on any atom is 0.246 e. The number of halogens is 2. The fourth-order valence-corrected chi connectivity index (χ4v) is 5.41. The van der Waals surface area contributed by atoms with Crippen LogP contribution in [0.1, 0.15) is 36.3 Å². The van der Waals surface area contributed by atoms with Gasteiger partial charge < -0.3 is 4.52 Å². The minimum absolute atomic E-state index is 0.121. The molecule has 0 spiro atoms. The summed E-state index contributed by atoms with van der Waals surface area (Å²) < 4.78 is 33.5. The molecule has 0 bridgehead atoms. The zero-order valence-corrected chi connectivity index (χ0v) is 15.7. The molecule has 0 radical (unpaired) electrons. The van der Waals surface area contributed by atoms with Gasteiger partial charge in [-0.2, -0.15) is 0 Å². The second-order valence-electron chi connectivity index (χ2n) is 6.31. The standard InChI is InChI=1S/C16H18Cl2N2O3S/c1-10-15(11(2)23-19-10)24(21,22)20-16(6-3-7-16)9-12-4-5-13(17)8-14(12)18/h4-5,8,20H,3,6-7,9H2,1-2H3. The smallest absolute Gasteiger partial charge is 0.246 e. The van der Waals surface area contributed by atoms with E-state index < -0.39 is 15.6 Å². The Morgan fingerprint density at radius 1 is 1.29 bits per heavy atom. The maximum atomic E-state index is 12.8. The van der Waals surface area contributed by atoms with Crippen LogP contribution in [0, 0.1) is 13.8 Å². The van der Waals surface area contributed by atoms with Gasteiger partial charge in [-0.1, -0.05) is 34.4 Å². The van der Waals surface area contributed by atoms with Gasteiger partial charge in [0.1, 0.15) is 10.6 Å². The molecule has 0 saturated heterocycles. The summed E-state index contributed by atoms with van der Waals surface area (Å²) in [7, 11) is -3.71. The molecule has 8 heteroatoms. The van der Waals surface area contributed by atoms with E-state index in [1.807, 2.05) is 6.07 Å². The predicted molar refractivity (Wildman–Crippen MR) is 93.0 cm³/mol. The number of aryl methyl sites for hydroxylation is 2. The van der Waals surface area contributed by atoms with Gasteiger partial charge in [-0.15, -0.1) is 0 Å². The van der Waals surface area contributed by atoms with Crippen molar-refractivity contribution in [2.75, 3.05) is 0 Å². The van der Waals surface area contributed by atoms with Gasteiger partial charge in [0, 0.05) is 15.6 Å². The molecule has 24 heavy (non-hydrogen) atoms. The molecule has 0 aliphatic heterocycles. The Labute approximate surface area is 151 Å². The van der Waals surface area contributed by atoms with Crippen LogP contribution in [-0.2, 0) is 16.4 Å². The highest BCUT2D eigenvalue weighted by molar-refractivity contribution is 7.89. The van der Waals surface area contributed by atoms with Crippen LogP contribution in [0.4, 0.5) is 0 Å². The summed E-state index contributed by atoms with van der Waals surface area (Å²) in [6, 6.07) is 5.28. The van der Waals surface area contributed by atoms with Crippen molar-refractivity contribution >= 4 is 33.2 Å². The van der Waals surface area contributed by atoms with E-state index in [9.17, 15) is 8.42 Å². The van der Waals surface area contributed by atoms with Gasteiger partial charge in [0.25, 0.3) is 0 Å². The average molecular weight is 389 g/mol. The molecule has 0 amide bonds. The van der Waals surface area contributed by atoms with Gasteiger partial charge in [-0.05, 0) is 57.2 Å². The number of aromatic nitrogens is 1. The Kier molecular flexibility index (Phi) is 4.68. The summed E-state index contributed by atoms with van der Waals surface area (Å²) in [6.45, 7) is 3.21. The summed E-state index contributed by atoms with van der Waals surface area (Å²) in [5.41, 5.74) is 0.702. The molecule has 1 aliphatic rings. The number of nitrogens with zero attached hydrogens (tertiary/aromatic N) is 1. The van der Waals surface area contributed by atoms with Gasteiger partial charge in [-0.3, -0.25) is 0 Å². The second-order valence-corrected chi connectivity index (χ2v) is 8.77. The van der Waals surface area contributed by atoms with Crippen molar-refractivity contribution in [1.82, 2.24) is 9.88 Å². The van der Waals surface area contributed by atoms with E-state index in [-0.39, 0.29) is 4.90 Å². The largest absolute Gasteiger partial charge is 0.360 e. The lowest BCUT2D eigenvalue weighted by Gasteiger charge is -2.42. The summed E-state index contributed by atoms with van der Waals surface area (Å²) in [5, 5.41) is 4.84. The Morgan fingerprint density at radius 2 is 2.00 bits per heavy atom. The number of nitrogens with one attached hydrogen (secondary N) is 1. The third-order valence-electron chi connectivity index (χ3n) is 4.44. The van der Waals surface area contributed by atoms with E-state index >= 15 is 0 Å². The first kappa shape index (κ1) is 17.7. The monoisotopic (exact) mass is 388 g/mol. The molecule has 3 rings (SSSR count). The molecule has 5 nitrogen and oxygen atoms in total. The molecule has 1 saturated carbocycles. The van der Waals surface area contributed by atoms with Gasteiger partial charge in [-0.25, -0.2) is 13.1 Å². The molecule has 2 aromatic rings. The van der Waals surface area contributed by atoms with E-state index in [1.54, 1.807) is 26.0 Å². The van der Waals surface area contributed by atoms with Crippen molar-refractivity contribution in [1.29, 1.82) is 0 Å². The highest BCUT2D eigenvalue weighted by Gasteiger charge is 2.42. The first-order valence-electron chi connectivity index (χ1n) is 7.63. The zero-order valence-electron chi connectivity index (χ0n) is 13.4. The molecular weight excluding hydrogens is 371 g/mol. The first-order chi connectivity index (χ1) is 11.2. The van der Waals surface area contributed by atoms with Crippen molar-refractivity contribution in [3.05, 3.63) is 45.3 Å². The molecular formula is C16H18Cl2N2O3S. The number of sulfonamides is 1. The molecule has 1 aromatic heterocycles. The van der Waals surface area contributed by atoms with Crippen molar-refractivity contribution in [2.24, 2.45) is 0 Å². The topological polar surface area (TPSA) is 72.2 Å². The summed E-state index contributed by atoms with van der Waals surface area (Å²) in [4.78, 5) is 0.121. The summed E-state index contributed by atoms with van der Waals surface area (Å²) in [6.07, 6.45) is 3.00. The van der Waals surface area contributed by atoms with Crippen LogP contribution in [0.2, 0.25) is 10.0 Å². The van der Waals surface area contributed by atoms with E-state index in [2.05, 4.69) is 9.88 Å². The van der Waals surface area contributed by atoms with Crippen LogP contribution in [0.5, 0.6) is 0 Å². The maximum absolute atomic E-state index is 12.8. The van der Waals surface area contributed by atoms with E-state index in [1.165, 1.54) is 0 Å². The van der Waals surface area contributed by atoms with Crippen molar-refractivity contribution in [3.8, 4) is 0 Å². The average Bonchev–Trinajstić information content (AvgIpc) is 2.79. The molecule has 1 aromatic carbocycles. The van der Waals surface area contributed by atoms with Crippen molar-refractivity contribution in [3.63, 3.8) is 0 Å². The lowest BCUT2D eigenvalue weighted by molar-refractivity contribution is 0.220. The summed E-state index contributed by atoms with van der Waals surface area (Å²) in [5.74, 6) is 0.291. The lowest BCUT2D eigenvalue weighted by Crippen LogP contribution is -2.55. The lowest BCUT2D eigenvalue weighted by atomic mass is 9.74. The van der Waals surface area contributed by atoms with Crippen LogP contribution in [0.25, 0.3) is 0 Å². The molecule has 0 unspecified atom stereocenters. The van der Waals surface area contributed by atoms with Crippen LogP contribution in [-0.4, -0.2) is 19.1 Å². The predicted octanol–water partition coefficient (Wildman–Crippen LogP) is 4.04. The van der Waals surface area contributed by atoms with Crippen molar-refractivity contribution < 1.29 is 12.9 Å². The van der Waals surface area contributed by atoms with Gasteiger partial charge in [0.2, 0.25) is 10.0 Å². The second kappa shape index (κ2) is 6.33. The van der Waals surface area contributed by atoms with E-state index in [4.69, 9.17) is 27.7 Å². The fourth-order valence-electron chi connectivity index (χ4n) is 3.14. The quantitative estimate of drug-likeness (QED) is 0.838. The number of benzene rings is 1. The van der Waals surface area contributed by atoms with Crippen LogP contribution < -0.4 is 4.72 Å². The highest BCUT2D eigenvalue weighted by atomic mass is 35.5. The highest BCUT2D eigenvalue weighted by Crippen LogP contribution is 2.38. The molecule has 1 heterocycles. The summed E-state index contributed by atoms with van der Waals surface area (Å²) >= 11 is 12.2. The Morgan fingerprint density at radius 3 is 2.50 bits per heavy atom. The SMILES string of the molecule is Cc1noc(C)c1S(=O)(=O)NC1(Cc2ccc(Cl)cc2Cl)CCC1.